The van der Waals surface area contributed by atoms with Gasteiger partial charge < -0.3 is 4.74 Å². The number of nitrogens with zero attached hydrogens (tertiary/aromatic N) is 4. The number of aromatic nitrogens is 3. The summed E-state index contributed by atoms with van der Waals surface area (Å²) in [5.74, 6) is 3.17. The maximum absolute atomic E-state index is 9.32. The molecule has 0 atom stereocenters. The minimum absolute atomic E-state index is 0.528. The van der Waals surface area contributed by atoms with Gasteiger partial charge in [0.05, 0.1) is 17.0 Å². The Balaban J connectivity index is 1.35. The standard InChI is InChI=1S/C41H26N4O/c42-27-28-20-22-30(23-21-28)39-43-38(29-12-4-1-5-13-29)44-40(45-39)31-24-25-35-37(26-31)46-36-19-11-10-18-34(36)41(35,32-14-6-2-7-15-32)33-16-8-3-9-17-33/h1-26H. The van der Waals surface area contributed by atoms with Crippen molar-refractivity contribution in [2.45, 2.75) is 5.41 Å². The van der Waals surface area contributed by atoms with Gasteiger partial charge in [-0.15, -0.1) is 0 Å². The van der Waals surface area contributed by atoms with Crippen LogP contribution in [0.25, 0.3) is 34.2 Å². The minimum Gasteiger partial charge on any atom is -0.457 e. The zero-order chi connectivity index (χ0) is 30.9. The Bertz CT molecular complexity index is 2190. The van der Waals surface area contributed by atoms with E-state index in [0.717, 1.165) is 50.4 Å². The molecule has 1 aliphatic heterocycles. The summed E-state index contributed by atoms with van der Waals surface area (Å²) in [4.78, 5) is 14.7. The van der Waals surface area contributed by atoms with Crippen molar-refractivity contribution in [3.8, 4) is 51.7 Å². The van der Waals surface area contributed by atoms with Crippen LogP contribution in [0.3, 0.4) is 0 Å². The van der Waals surface area contributed by atoms with Gasteiger partial charge in [-0.05, 0) is 47.5 Å². The Morgan fingerprint density at radius 3 is 1.54 bits per heavy atom. The molecule has 216 valence electrons. The van der Waals surface area contributed by atoms with Crippen LogP contribution in [0.1, 0.15) is 27.8 Å². The van der Waals surface area contributed by atoms with Crippen molar-refractivity contribution in [1.29, 1.82) is 5.26 Å². The van der Waals surface area contributed by atoms with E-state index in [9.17, 15) is 5.26 Å². The third-order valence-corrected chi connectivity index (χ3v) is 8.51. The van der Waals surface area contributed by atoms with Gasteiger partial charge in [0, 0.05) is 27.8 Å². The average Bonchev–Trinajstić information content (AvgIpc) is 3.14. The molecule has 0 fully saturated rings. The van der Waals surface area contributed by atoms with E-state index in [4.69, 9.17) is 19.7 Å². The number of rotatable bonds is 5. The zero-order valence-electron chi connectivity index (χ0n) is 24.7. The molecule has 8 rings (SSSR count). The molecule has 0 amide bonds. The van der Waals surface area contributed by atoms with Crippen molar-refractivity contribution in [2.24, 2.45) is 0 Å². The fraction of sp³-hybridized carbons (Fsp3) is 0.0244. The van der Waals surface area contributed by atoms with Crippen LogP contribution >= 0.6 is 0 Å². The van der Waals surface area contributed by atoms with Crippen LogP contribution in [0.2, 0.25) is 0 Å². The van der Waals surface area contributed by atoms with E-state index >= 15 is 0 Å². The number of ether oxygens (including phenoxy) is 1. The largest absolute Gasteiger partial charge is 0.457 e. The van der Waals surface area contributed by atoms with Gasteiger partial charge in [-0.25, -0.2) is 15.0 Å². The fourth-order valence-corrected chi connectivity index (χ4v) is 6.39. The molecule has 0 unspecified atom stereocenters. The highest BCUT2D eigenvalue weighted by atomic mass is 16.5. The topological polar surface area (TPSA) is 71.7 Å². The van der Waals surface area contributed by atoms with E-state index in [0.29, 0.717) is 23.0 Å². The van der Waals surface area contributed by atoms with Gasteiger partial charge in [0.25, 0.3) is 0 Å². The molecule has 7 aromatic rings. The first-order chi connectivity index (χ1) is 22.7. The monoisotopic (exact) mass is 590 g/mol. The fourth-order valence-electron chi connectivity index (χ4n) is 6.39. The van der Waals surface area contributed by atoms with E-state index in [2.05, 4.69) is 78.9 Å². The molecule has 0 saturated carbocycles. The lowest BCUT2D eigenvalue weighted by atomic mass is 9.63. The van der Waals surface area contributed by atoms with Crippen molar-refractivity contribution in [3.05, 3.63) is 186 Å². The maximum Gasteiger partial charge on any atom is 0.164 e. The van der Waals surface area contributed by atoms with Crippen LogP contribution in [-0.2, 0) is 5.41 Å². The first-order valence-corrected chi connectivity index (χ1v) is 15.1. The third kappa shape index (κ3) is 4.52. The summed E-state index contributed by atoms with van der Waals surface area (Å²) in [6.45, 7) is 0. The van der Waals surface area contributed by atoms with Crippen molar-refractivity contribution < 1.29 is 4.74 Å². The lowest BCUT2D eigenvalue weighted by molar-refractivity contribution is 0.434. The quantitative estimate of drug-likeness (QED) is 0.200. The molecule has 0 bridgehead atoms. The molecule has 1 aliphatic rings. The summed E-state index contributed by atoms with van der Waals surface area (Å²) in [5, 5.41) is 9.32. The molecule has 1 aromatic heterocycles. The van der Waals surface area contributed by atoms with Gasteiger partial charge in [0.2, 0.25) is 0 Å². The Labute approximate surface area is 267 Å². The van der Waals surface area contributed by atoms with E-state index in [1.54, 1.807) is 12.1 Å². The van der Waals surface area contributed by atoms with Crippen LogP contribution in [0.4, 0.5) is 0 Å². The molecule has 5 heteroatoms. The summed E-state index contributed by atoms with van der Waals surface area (Å²) in [5.41, 5.74) is 6.90. The van der Waals surface area contributed by atoms with Crippen LogP contribution in [-0.4, -0.2) is 15.0 Å². The van der Waals surface area contributed by atoms with Crippen LogP contribution < -0.4 is 4.74 Å². The highest BCUT2D eigenvalue weighted by Crippen LogP contribution is 2.55. The minimum atomic E-state index is -0.604. The predicted molar refractivity (Wildman–Crippen MR) is 179 cm³/mol. The summed E-state index contributed by atoms with van der Waals surface area (Å²) >= 11 is 0. The van der Waals surface area contributed by atoms with Gasteiger partial charge in [-0.3, -0.25) is 0 Å². The number of hydrogen-bond donors (Lipinski definition) is 0. The summed E-state index contributed by atoms with van der Waals surface area (Å²) in [7, 11) is 0. The number of hydrogen-bond acceptors (Lipinski definition) is 5. The maximum atomic E-state index is 9.32. The predicted octanol–water partition coefficient (Wildman–Crippen LogP) is 9.23. The third-order valence-electron chi connectivity index (χ3n) is 8.51. The molecule has 2 heterocycles. The normalized spacial score (nSPS) is 12.7. The molecule has 0 spiro atoms. The molecule has 46 heavy (non-hydrogen) atoms. The molecule has 6 aromatic carbocycles. The zero-order valence-corrected chi connectivity index (χ0v) is 24.7. The van der Waals surface area contributed by atoms with E-state index in [-0.39, 0.29) is 0 Å². The van der Waals surface area contributed by atoms with Crippen molar-refractivity contribution in [2.75, 3.05) is 0 Å². The van der Waals surface area contributed by atoms with Crippen molar-refractivity contribution >= 4 is 0 Å². The lowest BCUT2D eigenvalue weighted by Gasteiger charge is -2.41. The number of fused-ring (bicyclic) bond motifs is 2. The first kappa shape index (κ1) is 27.2. The second kappa shape index (κ2) is 11.3. The molecular weight excluding hydrogens is 564 g/mol. The Hall–Kier alpha value is -6.38. The van der Waals surface area contributed by atoms with Gasteiger partial charge >= 0.3 is 0 Å². The SMILES string of the molecule is N#Cc1ccc(-c2nc(-c3ccccc3)nc(-c3ccc4c(c3)Oc3ccccc3C4(c3ccccc3)c3ccccc3)n2)cc1. The average molecular weight is 591 g/mol. The van der Waals surface area contributed by atoms with Gasteiger partial charge in [-0.1, -0.05) is 121 Å². The smallest absolute Gasteiger partial charge is 0.164 e. The van der Waals surface area contributed by atoms with Crippen LogP contribution in [0.5, 0.6) is 11.5 Å². The van der Waals surface area contributed by atoms with Gasteiger partial charge in [-0.2, -0.15) is 5.26 Å². The van der Waals surface area contributed by atoms with E-state index < -0.39 is 5.41 Å². The highest BCUT2D eigenvalue weighted by molar-refractivity contribution is 5.73. The van der Waals surface area contributed by atoms with Crippen molar-refractivity contribution in [3.63, 3.8) is 0 Å². The summed E-state index contributed by atoms with van der Waals surface area (Å²) in [6, 6.07) is 55.1. The van der Waals surface area contributed by atoms with E-state index in [1.807, 2.05) is 72.8 Å². The molecule has 0 aliphatic carbocycles. The lowest BCUT2D eigenvalue weighted by Crippen LogP contribution is -2.34. The Morgan fingerprint density at radius 2 is 0.935 bits per heavy atom. The molecular formula is C41H26N4O. The Kier molecular flexibility index (Phi) is 6.67. The summed E-state index contributed by atoms with van der Waals surface area (Å²) in [6.07, 6.45) is 0. The molecule has 0 radical (unpaired) electrons. The van der Waals surface area contributed by atoms with E-state index in [1.165, 1.54) is 0 Å². The molecule has 5 nitrogen and oxygen atoms in total. The molecule has 0 saturated heterocycles. The second-order valence-electron chi connectivity index (χ2n) is 11.2. The van der Waals surface area contributed by atoms with Gasteiger partial charge in [0.15, 0.2) is 17.5 Å². The summed E-state index contributed by atoms with van der Waals surface area (Å²) < 4.78 is 6.69. The number of nitriles is 1. The Morgan fingerprint density at radius 1 is 0.457 bits per heavy atom. The van der Waals surface area contributed by atoms with Crippen molar-refractivity contribution in [1.82, 2.24) is 15.0 Å². The van der Waals surface area contributed by atoms with Crippen LogP contribution in [0.15, 0.2) is 158 Å². The molecule has 0 N–H and O–H groups in total. The van der Waals surface area contributed by atoms with Gasteiger partial charge in [0.1, 0.15) is 11.5 Å². The number of benzene rings is 6. The highest BCUT2D eigenvalue weighted by Gasteiger charge is 2.45. The van der Waals surface area contributed by atoms with Crippen LogP contribution in [0, 0.1) is 11.3 Å². The number of para-hydroxylation sites is 1. The second-order valence-corrected chi connectivity index (χ2v) is 11.2. The first-order valence-electron chi connectivity index (χ1n) is 15.1.